The Balaban J connectivity index is 0.00000484. The predicted octanol–water partition coefficient (Wildman–Crippen LogP) is -2.74. The topological polar surface area (TPSA) is 190 Å². The third kappa shape index (κ3) is 6.45. The fourth-order valence-corrected chi connectivity index (χ4v) is 2.13. The number of non-ortho nitro benzene ring substituents is 1. The number of nitro groups is 2. The average molecular weight is 358 g/mol. The second-order valence-electron chi connectivity index (χ2n) is 4.00. The van der Waals surface area contributed by atoms with Crippen LogP contribution in [-0.2, 0) is 14.9 Å². The summed E-state index contributed by atoms with van der Waals surface area (Å²) in [5, 5.41) is 32.3. The molecule has 12 nitrogen and oxygen atoms in total. The first kappa shape index (κ1) is 21.2. The fourth-order valence-electron chi connectivity index (χ4n) is 1.48. The van der Waals surface area contributed by atoms with Gasteiger partial charge in [-0.05, 0) is 6.07 Å². The van der Waals surface area contributed by atoms with Crippen molar-refractivity contribution in [3.8, 4) is 0 Å². The number of carbonyl (C=O) groups is 1. The number of carboxylic acid groups (broad SMARTS) is 1. The van der Waals surface area contributed by atoms with Crippen LogP contribution in [0.1, 0.15) is 0 Å². The first-order valence-corrected chi connectivity index (χ1v) is 6.99. The third-order valence-corrected chi connectivity index (χ3v) is 3.15. The molecule has 23 heavy (non-hydrogen) atoms. The Labute approximate surface area is 150 Å². The van der Waals surface area contributed by atoms with E-state index in [0.29, 0.717) is 6.07 Å². The molecular weight excluding hydrogens is 349 g/mol. The van der Waals surface area contributed by atoms with E-state index < -0.39 is 54.8 Å². The maximum Gasteiger partial charge on any atom is 1.00 e. The van der Waals surface area contributed by atoms with Crippen molar-refractivity contribution in [1.29, 1.82) is 0 Å². The van der Waals surface area contributed by atoms with Gasteiger partial charge in [0.15, 0.2) is 0 Å². The summed E-state index contributed by atoms with van der Waals surface area (Å²) in [6.45, 7) is 0. The molecule has 0 spiro atoms. The van der Waals surface area contributed by atoms with Crippen LogP contribution < -0.4 is 34.9 Å². The molecule has 0 aliphatic rings. The van der Waals surface area contributed by atoms with Crippen LogP contribution in [0.5, 0.6) is 0 Å². The van der Waals surface area contributed by atoms with Crippen molar-refractivity contribution in [2.24, 2.45) is 0 Å². The van der Waals surface area contributed by atoms with E-state index in [9.17, 15) is 33.4 Å². The molecule has 1 aromatic rings. The van der Waals surface area contributed by atoms with E-state index in [4.69, 9.17) is 9.66 Å². The molecule has 0 amide bonds. The number of hydrogen-bond donors (Lipinski definition) is 3. The second kappa shape index (κ2) is 8.16. The number of nitrogens with zero attached hydrogens (tertiary/aromatic N) is 2. The molecule has 1 aromatic carbocycles. The first-order chi connectivity index (χ1) is 10.0. The van der Waals surface area contributed by atoms with E-state index in [1.165, 1.54) is 0 Å². The van der Waals surface area contributed by atoms with Crippen molar-refractivity contribution in [2.45, 2.75) is 6.04 Å². The Morgan fingerprint density at radius 2 is 1.83 bits per heavy atom. The van der Waals surface area contributed by atoms with E-state index >= 15 is 0 Å². The minimum absolute atomic E-state index is 0. The molecule has 120 valence electrons. The standard InChI is InChI=1S/C9H9N3O9S.Na/c13-9(14)7(4-22(19,20)21)10-6-2-1-5(11(15)16)3-8(6)12(17)18;/h1-3,7,10H,4H2,(H,13,14)(H,19,20,21);/q;+1. The van der Waals surface area contributed by atoms with Crippen LogP contribution in [0.3, 0.4) is 0 Å². The van der Waals surface area contributed by atoms with Crippen molar-refractivity contribution in [1.82, 2.24) is 0 Å². The largest absolute Gasteiger partial charge is 1.00 e. The maximum absolute atomic E-state index is 10.9. The molecule has 0 aliphatic carbocycles. The number of rotatable bonds is 7. The van der Waals surface area contributed by atoms with Crippen LogP contribution in [0.15, 0.2) is 18.2 Å². The molecule has 14 heteroatoms. The summed E-state index contributed by atoms with van der Waals surface area (Å²) in [6.07, 6.45) is 0. The van der Waals surface area contributed by atoms with Gasteiger partial charge in [-0.15, -0.1) is 0 Å². The Hall–Kier alpha value is -1.80. The Morgan fingerprint density at radius 3 is 2.22 bits per heavy atom. The van der Waals surface area contributed by atoms with Gasteiger partial charge in [0.2, 0.25) is 0 Å². The number of nitrogens with one attached hydrogen (secondary N) is 1. The van der Waals surface area contributed by atoms with Crippen LogP contribution in [0.4, 0.5) is 17.1 Å². The molecule has 0 saturated carbocycles. The monoisotopic (exact) mass is 358 g/mol. The van der Waals surface area contributed by atoms with Crippen LogP contribution in [0, 0.1) is 20.2 Å². The van der Waals surface area contributed by atoms with E-state index in [-0.39, 0.29) is 29.6 Å². The molecule has 1 atom stereocenters. The van der Waals surface area contributed by atoms with Gasteiger partial charge in [-0.1, -0.05) is 0 Å². The van der Waals surface area contributed by atoms with Gasteiger partial charge in [0.25, 0.3) is 21.5 Å². The molecule has 0 radical (unpaired) electrons. The van der Waals surface area contributed by atoms with Crippen LogP contribution >= 0.6 is 0 Å². The zero-order valence-electron chi connectivity index (χ0n) is 11.6. The summed E-state index contributed by atoms with van der Waals surface area (Å²) in [5.74, 6) is -2.93. The van der Waals surface area contributed by atoms with Crippen LogP contribution in [0.25, 0.3) is 0 Å². The number of aliphatic carboxylic acids is 1. The van der Waals surface area contributed by atoms with Gasteiger partial charge in [0.1, 0.15) is 17.5 Å². The van der Waals surface area contributed by atoms with Gasteiger partial charge in [0, 0.05) is 6.07 Å². The minimum atomic E-state index is -4.66. The quantitative estimate of drug-likeness (QED) is 0.199. The van der Waals surface area contributed by atoms with E-state index in [1.54, 1.807) is 0 Å². The summed E-state index contributed by atoms with van der Waals surface area (Å²) in [6, 6.07) is 0.460. The third-order valence-electron chi connectivity index (χ3n) is 2.39. The zero-order chi connectivity index (χ0) is 17.1. The number of carboxylic acids is 1. The van der Waals surface area contributed by atoms with E-state index in [1.807, 2.05) is 5.32 Å². The first-order valence-electron chi connectivity index (χ1n) is 5.38. The molecule has 0 heterocycles. The second-order valence-corrected chi connectivity index (χ2v) is 5.50. The Kier molecular flexibility index (Phi) is 7.53. The summed E-state index contributed by atoms with van der Waals surface area (Å²) >= 11 is 0. The number of benzene rings is 1. The molecule has 0 bridgehead atoms. The van der Waals surface area contributed by atoms with Crippen molar-refractivity contribution in [2.75, 3.05) is 11.1 Å². The molecule has 1 rings (SSSR count). The molecule has 3 N–H and O–H groups in total. The summed E-state index contributed by atoms with van der Waals surface area (Å²) in [7, 11) is -4.66. The molecule has 0 fully saturated rings. The van der Waals surface area contributed by atoms with Crippen LogP contribution in [0.2, 0.25) is 0 Å². The number of hydrogen-bond acceptors (Lipinski definition) is 8. The predicted molar refractivity (Wildman–Crippen MR) is 71.2 cm³/mol. The van der Waals surface area contributed by atoms with Gasteiger partial charge < -0.3 is 10.4 Å². The minimum Gasteiger partial charge on any atom is -0.480 e. The Bertz CT molecular complexity index is 736. The van der Waals surface area contributed by atoms with Crippen molar-refractivity contribution in [3.05, 3.63) is 38.4 Å². The summed E-state index contributed by atoms with van der Waals surface area (Å²) in [5.41, 5.74) is -1.85. The number of nitro benzene ring substituents is 2. The SMILES string of the molecule is O=C(O)C(CS(=O)(=O)O)Nc1ccc([N+](=O)[O-])cc1[N+](=O)[O-].[Na+]. The van der Waals surface area contributed by atoms with Gasteiger partial charge >= 0.3 is 35.5 Å². The maximum atomic E-state index is 10.9. The summed E-state index contributed by atoms with van der Waals surface area (Å²) < 4.78 is 30.1. The van der Waals surface area contributed by atoms with Crippen LogP contribution in [-0.4, -0.2) is 45.7 Å². The van der Waals surface area contributed by atoms with Crippen molar-refractivity contribution < 1.29 is 62.3 Å². The zero-order valence-corrected chi connectivity index (χ0v) is 14.4. The van der Waals surface area contributed by atoms with Gasteiger partial charge in [-0.25, -0.2) is 4.79 Å². The molecule has 0 aliphatic heterocycles. The number of anilines is 1. The normalized spacial score (nSPS) is 11.9. The van der Waals surface area contributed by atoms with Gasteiger partial charge in [0.05, 0.1) is 15.9 Å². The average Bonchev–Trinajstić information content (AvgIpc) is 2.36. The molecule has 0 saturated heterocycles. The molecule has 0 aromatic heterocycles. The Morgan fingerprint density at radius 1 is 1.26 bits per heavy atom. The van der Waals surface area contributed by atoms with Gasteiger partial charge in [-0.3, -0.25) is 24.8 Å². The van der Waals surface area contributed by atoms with Gasteiger partial charge in [-0.2, -0.15) is 8.42 Å². The van der Waals surface area contributed by atoms with Crippen molar-refractivity contribution in [3.63, 3.8) is 0 Å². The molecular formula is C9H9N3NaO9S+. The fraction of sp³-hybridized carbons (Fsp3) is 0.222. The van der Waals surface area contributed by atoms with E-state index in [0.717, 1.165) is 12.1 Å². The van der Waals surface area contributed by atoms with E-state index in [2.05, 4.69) is 0 Å². The smallest absolute Gasteiger partial charge is 0.480 e. The van der Waals surface area contributed by atoms with Crippen molar-refractivity contribution >= 4 is 33.1 Å². The molecule has 1 unspecified atom stereocenters. The summed E-state index contributed by atoms with van der Waals surface area (Å²) in [4.78, 5) is 30.5.